The van der Waals surface area contributed by atoms with Crippen LogP contribution in [0.3, 0.4) is 0 Å². The standard InChI is InChI=1S/C11H14N4O4/c1-13-3-2-8(11(13)17)6-9-12-7-10(15(18)19)14(9)4-5-16/h6-7,16H,2-5H2,1H3/b8-6-. The van der Waals surface area contributed by atoms with E-state index in [1.54, 1.807) is 18.0 Å². The Morgan fingerprint density at radius 3 is 2.89 bits per heavy atom. The van der Waals surface area contributed by atoms with Crippen molar-refractivity contribution in [2.24, 2.45) is 0 Å². The zero-order valence-electron chi connectivity index (χ0n) is 10.4. The maximum atomic E-state index is 11.8. The van der Waals surface area contributed by atoms with E-state index in [2.05, 4.69) is 4.98 Å². The van der Waals surface area contributed by atoms with E-state index < -0.39 is 4.92 Å². The van der Waals surface area contributed by atoms with E-state index in [1.807, 2.05) is 0 Å². The second-order valence-corrected chi connectivity index (χ2v) is 4.25. The normalized spacial score (nSPS) is 17.5. The van der Waals surface area contributed by atoms with Gasteiger partial charge in [0.2, 0.25) is 11.7 Å². The van der Waals surface area contributed by atoms with Crippen LogP contribution in [0.25, 0.3) is 6.08 Å². The van der Waals surface area contributed by atoms with Gasteiger partial charge in [-0.1, -0.05) is 0 Å². The van der Waals surface area contributed by atoms with Gasteiger partial charge in [-0.05, 0) is 11.3 Å². The van der Waals surface area contributed by atoms with Crippen molar-refractivity contribution >= 4 is 17.8 Å². The van der Waals surface area contributed by atoms with E-state index in [1.165, 1.54) is 4.57 Å². The first-order valence-electron chi connectivity index (χ1n) is 5.81. The molecule has 1 amide bonds. The van der Waals surface area contributed by atoms with Crippen LogP contribution in [0.4, 0.5) is 5.82 Å². The number of rotatable bonds is 4. The number of hydrogen-bond donors (Lipinski definition) is 1. The fourth-order valence-electron chi connectivity index (χ4n) is 2.00. The first-order chi connectivity index (χ1) is 9.04. The highest BCUT2D eigenvalue weighted by Gasteiger charge is 2.25. The summed E-state index contributed by atoms with van der Waals surface area (Å²) in [5.74, 6) is 0.0281. The third-order valence-electron chi connectivity index (χ3n) is 3.02. The summed E-state index contributed by atoms with van der Waals surface area (Å²) in [6, 6.07) is 0. The van der Waals surface area contributed by atoms with Gasteiger partial charge in [-0.15, -0.1) is 0 Å². The highest BCUT2D eigenvalue weighted by molar-refractivity contribution is 5.99. The monoisotopic (exact) mass is 266 g/mol. The van der Waals surface area contributed by atoms with E-state index in [0.717, 1.165) is 6.20 Å². The van der Waals surface area contributed by atoms with Crippen molar-refractivity contribution in [3.05, 3.63) is 27.7 Å². The fourth-order valence-corrected chi connectivity index (χ4v) is 2.00. The van der Waals surface area contributed by atoms with Gasteiger partial charge in [0.05, 0.1) is 6.61 Å². The molecule has 19 heavy (non-hydrogen) atoms. The minimum absolute atomic E-state index is 0.0689. The Balaban J connectivity index is 2.38. The van der Waals surface area contributed by atoms with E-state index >= 15 is 0 Å². The number of likely N-dealkylation sites (tertiary alicyclic amines) is 1. The Hall–Kier alpha value is -2.22. The molecule has 1 aromatic rings. The van der Waals surface area contributed by atoms with Gasteiger partial charge in [0.1, 0.15) is 12.7 Å². The maximum Gasteiger partial charge on any atom is 0.343 e. The topological polar surface area (TPSA) is 102 Å². The van der Waals surface area contributed by atoms with Crippen molar-refractivity contribution in [1.29, 1.82) is 0 Å². The summed E-state index contributed by atoms with van der Waals surface area (Å²) in [6.07, 6.45) is 3.27. The Bertz CT molecular complexity index is 549. The van der Waals surface area contributed by atoms with Crippen LogP contribution < -0.4 is 0 Å². The molecule has 0 unspecified atom stereocenters. The maximum absolute atomic E-state index is 11.8. The molecule has 0 bridgehead atoms. The van der Waals surface area contributed by atoms with Gasteiger partial charge in [0.25, 0.3) is 0 Å². The molecule has 2 heterocycles. The van der Waals surface area contributed by atoms with Gasteiger partial charge in [0.15, 0.2) is 0 Å². The third-order valence-corrected chi connectivity index (χ3v) is 3.02. The Labute approximate surface area is 109 Å². The second kappa shape index (κ2) is 5.19. The summed E-state index contributed by atoms with van der Waals surface area (Å²) in [5, 5.41) is 19.8. The zero-order chi connectivity index (χ0) is 14.0. The Morgan fingerprint density at radius 2 is 2.37 bits per heavy atom. The lowest BCUT2D eigenvalue weighted by Crippen LogP contribution is -2.19. The predicted octanol–water partition coefficient (Wildman–Crippen LogP) is 0.0291. The number of amides is 1. The SMILES string of the molecule is CN1CC/C(=C/c2ncc([N+](=O)[O-])n2CCO)C1=O. The van der Waals surface area contributed by atoms with Crippen molar-refractivity contribution in [2.75, 3.05) is 20.2 Å². The van der Waals surface area contributed by atoms with Crippen molar-refractivity contribution in [2.45, 2.75) is 13.0 Å². The Kier molecular flexibility index (Phi) is 3.61. The molecular formula is C11H14N4O4. The van der Waals surface area contributed by atoms with Crippen LogP contribution in [-0.2, 0) is 11.3 Å². The van der Waals surface area contributed by atoms with Crippen molar-refractivity contribution in [3.63, 3.8) is 0 Å². The van der Waals surface area contributed by atoms with Gasteiger partial charge in [-0.25, -0.2) is 9.55 Å². The first-order valence-corrected chi connectivity index (χ1v) is 5.81. The molecule has 8 nitrogen and oxygen atoms in total. The van der Waals surface area contributed by atoms with Crippen LogP contribution in [-0.4, -0.2) is 50.6 Å². The number of aliphatic hydroxyl groups is 1. The molecule has 0 aliphatic carbocycles. The molecule has 1 fully saturated rings. The van der Waals surface area contributed by atoms with Crippen LogP contribution in [0, 0.1) is 10.1 Å². The average Bonchev–Trinajstić information content (AvgIpc) is 2.89. The summed E-state index contributed by atoms with van der Waals surface area (Å²) in [4.78, 5) is 27.6. The molecule has 0 atom stereocenters. The minimum atomic E-state index is -0.562. The molecule has 102 valence electrons. The highest BCUT2D eigenvalue weighted by Crippen LogP contribution is 2.21. The molecule has 8 heteroatoms. The lowest BCUT2D eigenvalue weighted by Gasteiger charge is -2.04. The fraction of sp³-hybridized carbons (Fsp3) is 0.455. The predicted molar refractivity (Wildman–Crippen MR) is 66.2 cm³/mol. The molecular weight excluding hydrogens is 252 g/mol. The van der Waals surface area contributed by atoms with Gasteiger partial charge in [-0.2, -0.15) is 0 Å². The number of nitro groups is 1. The quantitative estimate of drug-likeness (QED) is 0.470. The minimum Gasteiger partial charge on any atom is -0.392 e. The molecule has 1 saturated heterocycles. The van der Waals surface area contributed by atoms with Gasteiger partial charge in [-0.3, -0.25) is 4.79 Å². The summed E-state index contributed by atoms with van der Waals surface area (Å²) >= 11 is 0. The van der Waals surface area contributed by atoms with Crippen LogP contribution in [0.15, 0.2) is 11.8 Å². The number of aliphatic hydroxyl groups excluding tert-OH is 1. The molecule has 1 aliphatic rings. The van der Waals surface area contributed by atoms with Crippen molar-refractivity contribution < 1.29 is 14.8 Å². The molecule has 0 radical (unpaired) electrons. The van der Waals surface area contributed by atoms with E-state index in [-0.39, 0.29) is 24.9 Å². The van der Waals surface area contributed by atoms with Gasteiger partial charge < -0.3 is 20.1 Å². The van der Waals surface area contributed by atoms with E-state index in [9.17, 15) is 14.9 Å². The molecule has 1 N–H and O–H groups in total. The molecule has 0 saturated carbocycles. The zero-order valence-corrected chi connectivity index (χ0v) is 10.4. The summed E-state index contributed by atoms with van der Waals surface area (Å²) in [7, 11) is 1.70. The van der Waals surface area contributed by atoms with Crippen molar-refractivity contribution in [1.82, 2.24) is 14.5 Å². The van der Waals surface area contributed by atoms with E-state index in [4.69, 9.17) is 5.11 Å². The molecule has 1 aliphatic heterocycles. The molecule has 0 aromatic carbocycles. The number of nitrogens with zero attached hydrogens (tertiary/aromatic N) is 4. The number of imidazole rings is 1. The number of hydrogen-bond acceptors (Lipinski definition) is 5. The van der Waals surface area contributed by atoms with Gasteiger partial charge >= 0.3 is 5.82 Å². The summed E-state index contributed by atoms with van der Waals surface area (Å²) in [6.45, 7) is 0.466. The lowest BCUT2D eigenvalue weighted by atomic mass is 10.2. The summed E-state index contributed by atoms with van der Waals surface area (Å²) in [5.41, 5.74) is 0.571. The molecule has 0 spiro atoms. The molecule has 2 rings (SSSR count). The number of likely N-dealkylation sites (N-methyl/N-ethyl adjacent to an activating group) is 1. The average molecular weight is 266 g/mol. The van der Waals surface area contributed by atoms with E-state index in [0.29, 0.717) is 24.4 Å². The highest BCUT2D eigenvalue weighted by atomic mass is 16.6. The smallest absolute Gasteiger partial charge is 0.343 e. The lowest BCUT2D eigenvalue weighted by molar-refractivity contribution is -0.392. The number of carbonyl (C=O) groups excluding carboxylic acids is 1. The second-order valence-electron chi connectivity index (χ2n) is 4.25. The van der Waals surface area contributed by atoms with Crippen molar-refractivity contribution in [3.8, 4) is 0 Å². The van der Waals surface area contributed by atoms with Crippen LogP contribution in [0.5, 0.6) is 0 Å². The van der Waals surface area contributed by atoms with Gasteiger partial charge in [0, 0.05) is 25.2 Å². The van der Waals surface area contributed by atoms with Crippen LogP contribution >= 0.6 is 0 Å². The Morgan fingerprint density at radius 1 is 1.63 bits per heavy atom. The first kappa shape index (κ1) is 13.2. The molecule has 1 aromatic heterocycles. The van der Waals surface area contributed by atoms with Crippen LogP contribution in [0.1, 0.15) is 12.2 Å². The number of carbonyl (C=O) groups is 1. The number of aromatic nitrogens is 2. The third kappa shape index (κ3) is 2.48. The summed E-state index contributed by atoms with van der Waals surface area (Å²) < 4.78 is 1.29. The van der Waals surface area contributed by atoms with Crippen LogP contribution in [0.2, 0.25) is 0 Å². The largest absolute Gasteiger partial charge is 0.392 e.